The molecule has 2 aromatic rings. The molecule has 0 radical (unpaired) electrons. The van der Waals surface area contributed by atoms with Gasteiger partial charge in [0.05, 0.1) is 12.8 Å². The molecule has 0 aliphatic carbocycles. The molecule has 0 aliphatic rings. The van der Waals surface area contributed by atoms with Crippen LogP contribution in [0.5, 0.6) is 5.75 Å². The summed E-state index contributed by atoms with van der Waals surface area (Å²) in [7, 11) is 0.851. The smallest absolute Gasteiger partial charge is 0.261 e. The lowest BCUT2D eigenvalue weighted by Crippen LogP contribution is -2.19. The van der Waals surface area contributed by atoms with Crippen LogP contribution in [0.1, 0.15) is 10.4 Å². The molecule has 0 unspecified atom stereocenters. The molecule has 1 N–H and O–H groups in total. The number of nitrogens with one attached hydrogen (secondary N) is 1. The number of carbonyl (C=O) groups is 1. The molecular formula is C14H7BrF4INO2. The summed E-state index contributed by atoms with van der Waals surface area (Å²) in [6.45, 7) is 0. The van der Waals surface area contributed by atoms with E-state index in [-0.39, 0.29) is 5.69 Å². The maximum Gasteiger partial charge on any atom is 0.261 e. The zero-order valence-corrected chi connectivity index (χ0v) is 15.1. The Bertz CT molecular complexity index is 772. The van der Waals surface area contributed by atoms with Crippen molar-refractivity contribution in [1.29, 1.82) is 0 Å². The van der Waals surface area contributed by atoms with E-state index in [0.717, 1.165) is 11.6 Å². The van der Waals surface area contributed by atoms with E-state index in [0.29, 0.717) is 3.57 Å². The van der Waals surface area contributed by atoms with Crippen LogP contribution in [0.15, 0.2) is 22.7 Å². The molecule has 0 aromatic heterocycles. The molecule has 23 heavy (non-hydrogen) atoms. The quantitative estimate of drug-likeness (QED) is 0.368. The molecule has 0 heterocycles. The Labute approximate surface area is 150 Å². The predicted octanol–water partition coefficient (Wildman–Crippen LogP) is 4.87. The second kappa shape index (κ2) is 7.04. The van der Waals surface area contributed by atoms with E-state index >= 15 is 0 Å². The molecule has 0 bridgehead atoms. The van der Waals surface area contributed by atoms with Gasteiger partial charge < -0.3 is 10.1 Å². The number of carbonyl (C=O) groups excluding carboxylic acids is 1. The lowest BCUT2D eigenvalue weighted by atomic mass is 10.1. The summed E-state index contributed by atoms with van der Waals surface area (Å²) in [6, 6.07) is 4.69. The highest BCUT2D eigenvalue weighted by molar-refractivity contribution is 14.1. The predicted molar refractivity (Wildman–Crippen MR) is 87.6 cm³/mol. The van der Waals surface area contributed by atoms with E-state index in [1.807, 2.05) is 22.6 Å². The maximum absolute atomic E-state index is 13.9. The molecule has 0 atom stereocenters. The second-order valence-electron chi connectivity index (χ2n) is 4.24. The molecule has 0 saturated heterocycles. The summed E-state index contributed by atoms with van der Waals surface area (Å²) in [6.07, 6.45) is 0. The Morgan fingerprint density at radius 1 is 1.13 bits per heavy atom. The molecule has 0 spiro atoms. The number of methoxy groups -OCH3 is 1. The fourth-order valence-electron chi connectivity index (χ4n) is 1.77. The largest absolute Gasteiger partial charge is 0.491 e. The van der Waals surface area contributed by atoms with E-state index in [1.165, 1.54) is 6.07 Å². The fraction of sp³-hybridized carbons (Fsp3) is 0.0714. The number of halogens is 6. The highest BCUT2D eigenvalue weighted by atomic mass is 127. The van der Waals surface area contributed by atoms with Gasteiger partial charge in [-0.15, -0.1) is 0 Å². The third-order valence-corrected chi connectivity index (χ3v) is 4.22. The van der Waals surface area contributed by atoms with Gasteiger partial charge >= 0.3 is 0 Å². The highest BCUT2D eigenvalue weighted by Crippen LogP contribution is 2.31. The van der Waals surface area contributed by atoms with Gasteiger partial charge in [0.15, 0.2) is 17.4 Å². The van der Waals surface area contributed by atoms with Crippen molar-refractivity contribution in [3.63, 3.8) is 0 Å². The van der Waals surface area contributed by atoms with E-state index in [1.54, 1.807) is 12.1 Å². The minimum absolute atomic E-state index is 0.231. The molecule has 0 fully saturated rings. The summed E-state index contributed by atoms with van der Waals surface area (Å²) in [4.78, 5) is 12.0. The van der Waals surface area contributed by atoms with Crippen molar-refractivity contribution in [1.82, 2.24) is 0 Å². The van der Waals surface area contributed by atoms with Gasteiger partial charge in [0, 0.05) is 8.04 Å². The number of hydrogen-bond acceptors (Lipinski definition) is 2. The summed E-state index contributed by atoms with van der Waals surface area (Å²) in [5.41, 5.74) is -1.13. The maximum atomic E-state index is 13.9. The zero-order chi connectivity index (χ0) is 17.3. The van der Waals surface area contributed by atoms with Gasteiger partial charge in [0.2, 0.25) is 11.6 Å². The van der Waals surface area contributed by atoms with E-state index in [4.69, 9.17) is 0 Å². The van der Waals surface area contributed by atoms with Crippen LogP contribution in [0, 0.1) is 26.8 Å². The summed E-state index contributed by atoms with van der Waals surface area (Å²) in [5, 5.41) is 2.21. The average molecular weight is 504 g/mol. The topological polar surface area (TPSA) is 38.3 Å². The summed E-state index contributed by atoms with van der Waals surface area (Å²) < 4.78 is 60.6. The highest BCUT2D eigenvalue weighted by Gasteiger charge is 2.30. The van der Waals surface area contributed by atoms with Crippen LogP contribution in [0.25, 0.3) is 0 Å². The Morgan fingerprint density at radius 2 is 1.70 bits per heavy atom. The van der Waals surface area contributed by atoms with Gasteiger partial charge in [-0.05, 0) is 40.8 Å². The monoisotopic (exact) mass is 503 g/mol. The van der Waals surface area contributed by atoms with Crippen LogP contribution in [-0.2, 0) is 0 Å². The number of amides is 1. The molecule has 0 saturated carbocycles. The van der Waals surface area contributed by atoms with Crippen LogP contribution < -0.4 is 10.1 Å². The van der Waals surface area contributed by atoms with E-state index in [2.05, 4.69) is 26.0 Å². The minimum atomic E-state index is -1.83. The summed E-state index contributed by atoms with van der Waals surface area (Å²) in [5.74, 6) is -9.75. The molecule has 3 nitrogen and oxygen atoms in total. The average Bonchev–Trinajstić information content (AvgIpc) is 2.49. The van der Waals surface area contributed by atoms with E-state index < -0.39 is 40.5 Å². The molecule has 1 amide bonds. The van der Waals surface area contributed by atoms with Crippen molar-refractivity contribution in [3.05, 3.63) is 55.1 Å². The molecule has 0 aliphatic heterocycles. The third-order valence-electron chi connectivity index (χ3n) is 2.83. The first kappa shape index (κ1) is 18.0. The lowest BCUT2D eigenvalue weighted by molar-refractivity contribution is 0.101. The Balaban J connectivity index is 2.48. The van der Waals surface area contributed by atoms with Crippen LogP contribution in [0.3, 0.4) is 0 Å². The standard InChI is InChI=1S/C14H7BrF4INO2/c1-23-13-11(18)9(16)8(10(17)12(13)19)14(22)21-7-3-2-5(15)4-6(7)20/h2-4H,1H3,(H,21,22). The molecule has 2 aromatic carbocycles. The van der Waals surface area contributed by atoms with Gasteiger partial charge in [-0.25, -0.2) is 8.78 Å². The van der Waals surface area contributed by atoms with Crippen LogP contribution in [0.2, 0.25) is 0 Å². The van der Waals surface area contributed by atoms with E-state index in [9.17, 15) is 22.4 Å². The van der Waals surface area contributed by atoms with Crippen molar-refractivity contribution in [2.45, 2.75) is 0 Å². The number of benzene rings is 2. The first-order valence-electron chi connectivity index (χ1n) is 5.94. The lowest BCUT2D eigenvalue weighted by Gasteiger charge is -2.12. The minimum Gasteiger partial charge on any atom is -0.491 e. The first-order valence-corrected chi connectivity index (χ1v) is 7.81. The molecule has 9 heteroatoms. The first-order chi connectivity index (χ1) is 10.8. The molecular weight excluding hydrogens is 497 g/mol. The van der Waals surface area contributed by atoms with Crippen LogP contribution in [-0.4, -0.2) is 13.0 Å². The summed E-state index contributed by atoms with van der Waals surface area (Å²) >= 11 is 5.10. The number of rotatable bonds is 3. The van der Waals surface area contributed by atoms with Crippen molar-refractivity contribution >= 4 is 50.1 Å². The number of ether oxygens (including phenoxy) is 1. The Hall–Kier alpha value is -1.36. The molecule has 2 rings (SSSR count). The van der Waals surface area contributed by atoms with Gasteiger partial charge in [-0.1, -0.05) is 15.9 Å². The van der Waals surface area contributed by atoms with Crippen molar-refractivity contribution in [2.24, 2.45) is 0 Å². The van der Waals surface area contributed by atoms with Crippen molar-refractivity contribution in [3.8, 4) is 5.75 Å². The Kier molecular flexibility index (Phi) is 5.50. The number of hydrogen-bond donors (Lipinski definition) is 1. The zero-order valence-electron chi connectivity index (χ0n) is 11.3. The van der Waals surface area contributed by atoms with Crippen LogP contribution in [0.4, 0.5) is 23.2 Å². The SMILES string of the molecule is COc1c(F)c(F)c(C(=O)Nc2ccc(Br)cc2I)c(F)c1F. The van der Waals surface area contributed by atoms with Crippen LogP contribution >= 0.6 is 38.5 Å². The normalized spacial score (nSPS) is 10.6. The molecule has 122 valence electrons. The van der Waals surface area contributed by atoms with Crippen molar-refractivity contribution in [2.75, 3.05) is 12.4 Å². The van der Waals surface area contributed by atoms with Gasteiger partial charge in [0.1, 0.15) is 5.56 Å². The second-order valence-corrected chi connectivity index (χ2v) is 6.32. The van der Waals surface area contributed by atoms with Gasteiger partial charge in [0.25, 0.3) is 5.91 Å². The fourth-order valence-corrected chi connectivity index (χ4v) is 3.20. The van der Waals surface area contributed by atoms with Crippen molar-refractivity contribution < 1.29 is 27.1 Å². The Morgan fingerprint density at radius 3 is 2.17 bits per heavy atom. The number of anilines is 1. The van der Waals surface area contributed by atoms with Gasteiger partial charge in [-0.2, -0.15) is 8.78 Å². The van der Waals surface area contributed by atoms with Gasteiger partial charge in [-0.3, -0.25) is 4.79 Å². The third kappa shape index (κ3) is 3.44.